The molecular formula is C12H9F3N6. The second kappa shape index (κ2) is 5.64. The van der Waals surface area contributed by atoms with Crippen LogP contribution in [0.4, 0.5) is 30.5 Å². The van der Waals surface area contributed by atoms with Gasteiger partial charge in [0.1, 0.15) is 11.6 Å². The van der Waals surface area contributed by atoms with E-state index < -0.39 is 12.0 Å². The Labute approximate surface area is 117 Å². The van der Waals surface area contributed by atoms with Crippen molar-refractivity contribution in [3.05, 3.63) is 41.7 Å². The maximum atomic E-state index is 12.7. The van der Waals surface area contributed by atoms with Crippen molar-refractivity contribution in [1.82, 2.24) is 9.97 Å². The number of nitriles is 1. The second-order valence-electron chi connectivity index (χ2n) is 3.92. The number of aromatic nitrogens is 2. The van der Waals surface area contributed by atoms with Gasteiger partial charge in [-0.15, -0.1) is 0 Å². The second-order valence-corrected chi connectivity index (χ2v) is 3.92. The van der Waals surface area contributed by atoms with E-state index in [2.05, 4.69) is 15.3 Å². The summed E-state index contributed by atoms with van der Waals surface area (Å²) < 4.78 is 38.0. The number of hydrazine groups is 1. The molecule has 0 fully saturated rings. The minimum atomic E-state index is -4.70. The normalized spacial score (nSPS) is 10.8. The molecule has 2 aromatic rings. The van der Waals surface area contributed by atoms with Gasteiger partial charge in [-0.2, -0.15) is 18.4 Å². The van der Waals surface area contributed by atoms with Crippen molar-refractivity contribution in [1.29, 1.82) is 5.26 Å². The van der Waals surface area contributed by atoms with Gasteiger partial charge in [-0.3, -0.25) is 0 Å². The quantitative estimate of drug-likeness (QED) is 0.593. The van der Waals surface area contributed by atoms with Crippen LogP contribution in [0.2, 0.25) is 0 Å². The average molecular weight is 294 g/mol. The Morgan fingerprint density at radius 1 is 1.14 bits per heavy atom. The average Bonchev–Trinajstić information content (AvgIpc) is 2.46. The van der Waals surface area contributed by atoms with Crippen LogP contribution in [0.5, 0.6) is 0 Å². The van der Waals surface area contributed by atoms with Crippen molar-refractivity contribution in [3.63, 3.8) is 0 Å². The summed E-state index contributed by atoms with van der Waals surface area (Å²) in [5, 5.41) is 11.5. The Morgan fingerprint density at radius 3 is 2.48 bits per heavy atom. The number of alkyl halides is 3. The van der Waals surface area contributed by atoms with Crippen LogP contribution >= 0.6 is 0 Å². The van der Waals surface area contributed by atoms with Gasteiger partial charge in [0.2, 0.25) is 5.82 Å². The van der Waals surface area contributed by atoms with E-state index in [0.29, 0.717) is 11.3 Å². The predicted octanol–water partition coefficient (Wildman–Crippen LogP) is 2.40. The van der Waals surface area contributed by atoms with Gasteiger partial charge in [0.05, 0.1) is 11.6 Å². The van der Waals surface area contributed by atoms with Crippen LogP contribution in [0.3, 0.4) is 0 Å². The van der Waals surface area contributed by atoms with E-state index in [1.54, 1.807) is 18.2 Å². The molecule has 21 heavy (non-hydrogen) atoms. The maximum absolute atomic E-state index is 12.7. The van der Waals surface area contributed by atoms with E-state index in [-0.39, 0.29) is 11.6 Å². The summed E-state index contributed by atoms with van der Waals surface area (Å²) in [6.07, 6.45) is -4.70. The molecule has 0 aliphatic heterocycles. The lowest BCUT2D eigenvalue weighted by Gasteiger charge is -2.11. The van der Waals surface area contributed by atoms with Gasteiger partial charge in [-0.05, 0) is 18.2 Å². The fraction of sp³-hybridized carbons (Fsp3) is 0.0833. The van der Waals surface area contributed by atoms with Gasteiger partial charge >= 0.3 is 6.18 Å². The monoisotopic (exact) mass is 294 g/mol. The highest BCUT2D eigenvalue weighted by atomic mass is 19.4. The van der Waals surface area contributed by atoms with Gasteiger partial charge < -0.3 is 10.7 Å². The summed E-state index contributed by atoms with van der Waals surface area (Å²) in [7, 11) is 0. The van der Waals surface area contributed by atoms with E-state index in [9.17, 15) is 13.2 Å². The van der Waals surface area contributed by atoms with Crippen LogP contribution in [-0.2, 0) is 6.18 Å². The molecule has 4 N–H and O–H groups in total. The lowest BCUT2D eigenvalue weighted by atomic mass is 10.2. The number of hydrogen-bond acceptors (Lipinski definition) is 6. The van der Waals surface area contributed by atoms with Crippen molar-refractivity contribution in [2.45, 2.75) is 6.18 Å². The standard InChI is InChI=1S/C12H9F3N6/c13-12(14,15)11-19-9(5-10(20-11)21-17)18-8-3-1-2-7(4-8)6-16/h1-5H,17H2,(H2,18,19,20,21). The van der Waals surface area contributed by atoms with E-state index in [1.165, 1.54) is 12.1 Å². The van der Waals surface area contributed by atoms with Crippen LogP contribution in [0.15, 0.2) is 30.3 Å². The summed E-state index contributed by atoms with van der Waals surface area (Å²) in [5.41, 5.74) is 2.83. The number of nitrogens with two attached hydrogens (primary N) is 1. The number of benzene rings is 1. The summed E-state index contributed by atoms with van der Waals surface area (Å²) in [6, 6.07) is 9.37. The van der Waals surface area contributed by atoms with Crippen molar-refractivity contribution >= 4 is 17.3 Å². The van der Waals surface area contributed by atoms with Crippen molar-refractivity contribution in [2.75, 3.05) is 10.7 Å². The highest BCUT2D eigenvalue weighted by Gasteiger charge is 2.35. The zero-order valence-corrected chi connectivity index (χ0v) is 10.4. The van der Waals surface area contributed by atoms with Crippen LogP contribution in [-0.4, -0.2) is 9.97 Å². The molecule has 1 heterocycles. The molecule has 0 saturated carbocycles. The molecule has 2 rings (SSSR count). The summed E-state index contributed by atoms with van der Waals surface area (Å²) in [4.78, 5) is 6.61. The topological polar surface area (TPSA) is 99.7 Å². The number of halogens is 3. The highest BCUT2D eigenvalue weighted by Crippen LogP contribution is 2.29. The zero-order valence-electron chi connectivity index (χ0n) is 10.4. The molecule has 108 valence electrons. The first-order chi connectivity index (χ1) is 9.92. The van der Waals surface area contributed by atoms with Gasteiger partial charge in [0.25, 0.3) is 0 Å². The van der Waals surface area contributed by atoms with E-state index in [1.807, 2.05) is 11.5 Å². The van der Waals surface area contributed by atoms with Gasteiger partial charge in [0.15, 0.2) is 0 Å². The fourth-order valence-electron chi connectivity index (χ4n) is 1.53. The van der Waals surface area contributed by atoms with Crippen molar-refractivity contribution in [2.24, 2.45) is 5.84 Å². The Balaban J connectivity index is 2.37. The Kier molecular flexibility index (Phi) is 3.91. The lowest BCUT2D eigenvalue weighted by Crippen LogP contribution is -2.16. The molecule has 9 heteroatoms. The van der Waals surface area contributed by atoms with Gasteiger partial charge in [-0.1, -0.05) is 6.07 Å². The zero-order chi connectivity index (χ0) is 15.5. The Hall–Kier alpha value is -2.86. The minimum absolute atomic E-state index is 0.0969. The third kappa shape index (κ3) is 3.58. The minimum Gasteiger partial charge on any atom is -0.340 e. The van der Waals surface area contributed by atoms with Gasteiger partial charge in [0, 0.05) is 11.8 Å². The smallest absolute Gasteiger partial charge is 0.340 e. The highest BCUT2D eigenvalue weighted by molar-refractivity contribution is 5.60. The first kappa shape index (κ1) is 14.5. The third-order valence-electron chi connectivity index (χ3n) is 2.39. The van der Waals surface area contributed by atoms with E-state index >= 15 is 0 Å². The number of nitrogens with one attached hydrogen (secondary N) is 2. The predicted molar refractivity (Wildman–Crippen MR) is 69.3 cm³/mol. The van der Waals surface area contributed by atoms with Crippen molar-refractivity contribution < 1.29 is 13.2 Å². The molecule has 0 bridgehead atoms. The number of anilines is 3. The number of hydrogen-bond donors (Lipinski definition) is 3. The van der Waals surface area contributed by atoms with Crippen LogP contribution in [0, 0.1) is 11.3 Å². The molecule has 0 atom stereocenters. The summed E-state index contributed by atoms with van der Waals surface area (Å²) in [6.45, 7) is 0. The molecule has 1 aromatic heterocycles. The molecule has 0 spiro atoms. The molecule has 0 amide bonds. The molecule has 0 unspecified atom stereocenters. The van der Waals surface area contributed by atoms with Crippen LogP contribution in [0.1, 0.15) is 11.4 Å². The third-order valence-corrected chi connectivity index (χ3v) is 2.39. The SMILES string of the molecule is N#Cc1cccc(Nc2cc(NN)nc(C(F)(F)F)n2)c1. The van der Waals surface area contributed by atoms with Crippen LogP contribution < -0.4 is 16.6 Å². The van der Waals surface area contributed by atoms with Crippen molar-refractivity contribution in [3.8, 4) is 6.07 Å². The van der Waals surface area contributed by atoms with Gasteiger partial charge in [-0.25, -0.2) is 15.8 Å². The number of nitrogens with zero attached hydrogens (tertiary/aromatic N) is 3. The summed E-state index contributed by atoms with van der Waals surface area (Å²) >= 11 is 0. The first-order valence-electron chi connectivity index (χ1n) is 5.62. The molecule has 0 aliphatic carbocycles. The molecule has 0 aliphatic rings. The fourth-order valence-corrected chi connectivity index (χ4v) is 1.53. The Bertz CT molecular complexity index is 692. The maximum Gasteiger partial charge on any atom is 0.451 e. The molecule has 0 radical (unpaired) electrons. The lowest BCUT2D eigenvalue weighted by molar-refractivity contribution is -0.144. The molecule has 6 nitrogen and oxygen atoms in total. The first-order valence-corrected chi connectivity index (χ1v) is 5.62. The summed E-state index contributed by atoms with van der Waals surface area (Å²) in [5.74, 6) is 3.49. The van der Waals surface area contributed by atoms with E-state index in [4.69, 9.17) is 11.1 Å². The molecule has 1 aromatic carbocycles. The molecule has 0 saturated heterocycles. The largest absolute Gasteiger partial charge is 0.451 e. The Morgan fingerprint density at radius 2 is 1.86 bits per heavy atom. The number of rotatable bonds is 3. The van der Waals surface area contributed by atoms with E-state index in [0.717, 1.165) is 0 Å². The van der Waals surface area contributed by atoms with Crippen LogP contribution in [0.25, 0.3) is 0 Å². The molecular weight excluding hydrogens is 285 g/mol. The number of nitrogen functional groups attached to an aromatic ring is 1.